The summed E-state index contributed by atoms with van der Waals surface area (Å²) in [7, 11) is 0. The van der Waals surface area contributed by atoms with E-state index in [4.69, 9.17) is 5.26 Å². The van der Waals surface area contributed by atoms with Crippen LogP contribution in [0.1, 0.15) is 31.7 Å². The van der Waals surface area contributed by atoms with Crippen molar-refractivity contribution in [1.82, 2.24) is 0 Å². The molecule has 1 heterocycles. The normalized spacial score (nSPS) is 19.4. The van der Waals surface area contributed by atoms with Crippen LogP contribution in [-0.4, -0.2) is 13.1 Å². The highest BCUT2D eigenvalue weighted by molar-refractivity contribution is 5.59. The predicted octanol–water partition coefficient (Wildman–Crippen LogP) is 3.32. The SMILES string of the molecule is CCCC1CCN(c2ccc(F)cc2C#N)C1. The molecular formula is C14H17FN2. The zero-order valence-electron chi connectivity index (χ0n) is 10.1. The van der Waals surface area contributed by atoms with Crippen molar-refractivity contribution in [2.24, 2.45) is 5.92 Å². The highest BCUT2D eigenvalue weighted by atomic mass is 19.1. The molecule has 0 radical (unpaired) electrons. The molecular weight excluding hydrogens is 215 g/mol. The van der Waals surface area contributed by atoms with Gasteiger partial charge in [-0.05, 0) is 37.0 Å². The molecule has 0 aliphatic carbocycles. The van der Waals surface area contributed by atoms with Crippen molar-refractivity contribution in [3.63, 3.8) is 0 Å². The summed E-state index contributed by atoms with van der Waals surface area (Å²) in [5, 5.41) is 9.03. The fourth-order valence-electron chi connectivity index (χ4n) is 2.57. The third kappa shape index (κ3) is 2.58. The van der Waals surface area contributed by atoms with E-state index in [1.165, 1.54) is 31.4 Å². The van der Waals surface area contributed by atoms with E-state index in [9.17, 15) is 4.39 Å². The lowest BCUT2D eigenvalue weighted by molar-refractivity contribution is 0.530. The summed E-state index contributed by atoms with van der Waals surface area (Å²) in [5.41, 5.74) is 1.33. The quantitative estimate of drug-likeness (QED) is 0.799. The molecule has 1 aromatic carbocycles. The van der Waals surface area contributed by atoms with E-state index >= 15 is 0 Å². The molecule has 0 saturated carbocycles. The molecule has 90 valence electrons. The first kappa shape index (κ1) is 11.9. The number of benzene rings is 1. The minimum absolute atomic E-state index is 0.338. The second-order valence-electron chi connectivity index (χ2n) is 4.66. The number of hydrogen-bond donors (Lipinski definition) is 0. The Morgan fingerprint density at radius 3 is 3.06 bits per heavy atom. The van der Waals surface area contributed by atoms with Crippen LogP contribution in [0.15, 0.2) is 18.2 Å². The molecule has 2 nitrogen and oxygen atoms in total. The van der Waals surface area contributed by atoms with Gasteiger partial charge in [-0.15, -0.1) is 0 Å². The Balaban J connectivity index is 2.16. The zero-order chi connectivity index (χ0) is 12.3. The summed E-state index contributed by atoms with van der Waals surface area (Å²) in [4.78, 5) is 2.21. The molecule has 1 aromatic rings. The summed E-state index contributed by atoms with van der Waals surface area (Å²) in [6.07, 6.45) is 3.61. The van der Waals surface area contributed by atoms with Crippen LogP contribution in [-0.2, 0) is 0 Å². The van der Waals surface area contributed by atoms with Gasteiger partial charge in [0, 0.05) is 13.1 Å². The molecule has 0 amide bonds. The molecule has 1 atom stereocenters. The average molecular weight is 232 g/mol. The largest absolute Gasteiger partial charge is 0.370 e. The maximum atomic E-state index is 13.0. The molecule has 0 spiro atoms. The van der Waals surface area contributed by atoms with Gasteiger partial charge in [-0.2, -0.15) is 5.26 Å². The number of rotatable bonds is 3. The number of halogens is 1. The number of nitriles is 1. The van der Waals surface area contributed by atoms with Gasteiger partial charge in [0.25, 0.3) is 0 Å². The van der Waals surface area contributed by atoms with Crippen molar-refractivity contribution in [3.05, 3.63) is 29.6 Å². The Bertz CT molecular complexity index is 436. The molecule has 1 aliphatic rings. The van der Waals surface area contributed by atoms with Crippen LogP contribution in [0.25, 0.3) is 0 Å². The second kappa shape index (κ2) is 5.18. The van der Waals surface area contributed by atoms with E-state index < -0.39 is 0 Å². The van der Waals surface area contributed by atoms with Gasteiger partial charge in [0.2, 0.25) is 0 Å². The van der Waals surface area contributed by atoms with Gasteiger partial charge in [0.15, 0.2) is 0 Å². The van der Waals surface area contributed by atoms with Crippen LogP contribution in [0, 0.1) is 23.1 Å². The Kier molecular flexibility index (Phi) is 3.63. The van der Waals surface area contributed by atoms with Gasteiger partial charge in [-0.1, -0.05) is 13.3 Å². The van der Waals surface area contributed by atoms with Gasteiger partial charge in [-0.25, -0.2) is 4.39 Å². The monoisotopic (exact) mass is 232 g/mol. The van der Waals surface area contributed by atoms with Crippen molar-refractivity contribution in [1.29, 1.82) is 5.26 Å². The standard InChI is InChI=1S/C14H17FN2/c1-2-3-11-6-7-17(10-11)14-5-4-13(15)8-12(14)9-16/h4-5,8,11H,2-3,6-7,10H2,1H3. The van der Waals surface area contributed by atoms with Gasteiger partial charge < -0.3 is 4.90 Å². The Morgan fingerprint density at radius 2 is 2.35 bits per heavy atom. The molecule has 3 heteroatoms. The topological polar surface area (TPSA) is 27.0 Å². The second-order valence-corrected chi connectivity index (χ2v) is 4.66. The highest BCUT2D eigenvalue weighted by Crippen LogP contribution is 2.29. The first-order valence-corrected chi connectivity index (χ1v) is 6.19. The van der Waals surface area contributed by atoms with E-state index in [1.807, 2.05) is 0 Å². The van der Waals surface area contributed by atoms with Crippen LogP contribution in [0.3, 0.4) is 0 Å². The van der Waals surface area contributed by atoms with Crippen LogP contribution >= 0.6 is 0 Å². The maximum Gasteiger partial charge on any atom is 0.124 e. The molecule has 17 heavy (non-hydrogen) atoms. The summed E-state index contributed by atoms with van der Waals surface area (Å²) in [6.45, 7) is 4.17. The molecule has 2 rings (SSSR count). The van der Waals surface area contributed by atoms with Crippen LogP contribution in [0.5, 0.6) is 0 Å². The number of nitrogens with zero attached hydrogens (tertiary/aromatic N) is 2. The first-order chi connectivity index (χ1) is 8.24. The Hall–Kier alpha value is -1.56. The summed E-state index contributed by atoms with van der Waals surface area (Å²) in [6, 6.07) is 6.56. The highest BCUT2D eigenvalue weighted by Gasteiger charge is 2.23. The molecule has 0 N–H and O–H groups in total. The Morgan fingerprint density at radius 1 is 1.53 bits per heavy atom. The third-order valence-corrected chi connectivity index (χ3v) is 3.40. The maximum absolute atomic E-state index is 13.0. The van der Waals surface area contributed by atoms with E-state index in [2.05, 4.69) is 17.9 Å². The lowest BCUT2D eigenvalue weighted by Crippen LogP contribution is -2.20. The van der Waals surface area contributed by atoms with Gasteiger partial charge in [0.05, 0.1) is 11.3 Å². The van der Waals surface area contributed by atoms with E-state index in [1.54, 1.807) is 6.07 Å². The van der Waals surface area contributed by atoms with Crippen LogP contribution < -0.4 is 4.90 Å². The van der Waals surface area contributed by atoms with Crippen molar-refractivity contribution >= 4 is 5.69 Å². The number of hydrogen-bond acceptors (Lipinski definition) is 2. The lowest BCUT2D eigenvalue weighted by atomic mass is 10.0. The lowest BCUT2D eigenvalue weighted by Gasteiger charge is -2.19. The fourth-order valence-corrected chi connectivity index (χ4v) is 2.57. The Labute approximate surface area is 102 Å². The van der Waals surface area contributed by atoms with Gasteiger partial charge in [0.1, 0.15) is 11.9 Å². The smallest absolute Gasteiger partial charge is 0.124 e. The summed E-state index contributed by atoms with van der Waals surface area (Å²) < 4.78 is 13.0. The molecule has 1 saturated heterocycles. The molecule has 1 fully saturated rings. The third-order valence-electron chi connectivity index (χ3n) is 3.40. The van der Waals surface area contributed by atoms with Crippen molar-refractivity contribution in [3.8, 4) is 6.07 Å². The predicted molar refractivity (Wildman–Crippen MR) is 66.3 cm³/mol. The van der Waals surface area contributed by atoms with Crippen molar-refractivity contribution < 1.29 is 4.39 Å². The minimum Gasteiger partial charge on any atom is -0.370 e. The van der Waals surface area contributed by atoms with E-state index in [0.717, 1.165) is 24.7 Å². The molecule has 0 aromatic heterocycles. The van der Waals surface area contributed by atoms with Crippen molar-refractivity contribution in [2.75, 3.05) is 18.0 Å². The van der Waals surface area contributed by atoms with Crippen LogP contribution in [0.2, 0.25) is 0 Å². The zero-order valence-corrected chi connectivity index (χ0v) is 10.1. The molecule has 0 bridgehead atoms. The minimum atomic E-state index is -0.338. The fraction of sp³-hybridized carbons (Fsp3) is 0.500. The average Bonchev–Trinajstić information content (AvgIpc) is 2.78. The van der Waals surface area contributed by atoms with E-state index in [-0.39, 0.29) is 5.82 Å². The van der Waals surface area contributed by atoms with Gasteiger partial charge >= 0.3 is 0 Å². The van der Waals surface area contributed by atoms with Crippen molar-refractivity contribution in [2.45, 2.75) is 26.2 Å². The molecule has 1 unspecified atom stereocenters. The summed E-state index contributed by atoms with van der Waals surface area (Å²) >= 11 is 0. The number of anilines is 1. The first-order valence-electron chi connectivity index (χ1n) is 6.19. The summed E-state index contributed by atoms with van der Waals surface area (Å²) in [5.74, 6) is 0.381. The molecule has 1 aliphatic heterocycles. The van der Waals surface area contributed by atoms with E-state index in [0.29, 0.717) is 5.56 Å². The van der Waals surface area contributed by atoms with Gasteiger partial charge in [-0.3, -0.25) is 0 Å². The van der Waals surface area contributed by atoms with Crippen LogP contribution in [0.4, 0.5) is 10.1 Å².